The van der Waals surface area contributed by atoms with Gasteiger partial charge in [-0.1, -0.05) is 6.07 Å². The second kappa shape index (κ2) is 5.11. The highest BCUT2D eigenvalue weighted by Gasteiger charge is 2.53. The third kappa shape index (κ3) is 2.13. The topological polar surface area (TPSA) is 66.4 Å². The summed E-state index contributed by atoms with van der Waals surface area (Å²) in [6.45, 7) is 0. The van der Waals surface area contributed by atoms with Crippen molar-refractivity contribution >= 4 is 17.6 Å². The van der Waals surface area contributed by atoms with E-state index in [0.29, 0.717) is 0 Å². The van der Waals surface area contributed by atoms with Crippen LogP contribution < -0.4 is 5.32 Å². The van der Waals surface area contributed by atoms with Gasteiger partial charge in [-0.25, -0.2) is 0 Å². The molecule has 3 unspecified atom stereocenters. The number of fused-ring (bicyclic) bond motifs is 3. The molecule has 0 aromatic heterocycles. The standard InChI is InChI=1S/C18H21NO3/c20-17(15-12-4-5-13(8-12)16(15)18(21)22)19-14-7-6-10-2-1-3-11(10)9-14/h6-7,9,12-13,15-16H,1-5,8H2,(H,19,20)(H,21,22)/t12?,13?,15-,16?/m1/s1. The zero-order valence-electron chi connectivity index (χ0n) is 12.5. The molecule has 2 N–H and O–H groups in total. The van der Waals surface area contributed by atoms with Crippen molar-refractivity contribution in [2.24, 2.45) is 23.7 Å². The largest absolute Gasteiger partial charge is 0.481 e. The molecule has 1 amide bonds. The van der Waals surface area contributed by atoms with Crippen LogP contribution in [0, 0.1) is 23.7 Å². The van der Waals surface area contributed by atoms with Gasteiger partial charge >= 0.3 is 5.97 Å². The molecular formula is C18H21NO3. The molecule has 0 radical (unpaired) electrons. The third-order valence-electron chi connectivity index (χ3n) is 5.87. The van der Waals surface area contributed by atoms with Crippen molar-refractivity contribution in [2.75, 3.05) is 5.32 Å². The summed E-state index contributed by atoms with van der Waals surface area (Å²) in [5.74, 6) is -1.31. The molecule has 1 aromatic carbocycles. The van der Waals surface area contributed by atoms with Gasteiger partial charge in [0.05, 0.1) is 11.8 Å². The highest BCUT2D eigenvalue weighted by atomic mass is 16.4. The van der Waals surface area contributed by atoms with Gasteiger partial charge in [-0.3, -0.25) is 9.59 Å². The first kappa shape index (κ1) is 13.8. The number of rotatable bonds is 3. The number of carbonyl (C=O) groups excluding carboxylic acids is 1. The summed E-state index contributed by atoms with van der Waals surface area (Å²) in [4.78, 5) is 24.2. The Morgan fingerprint density at radius 1 is 1.05 bits per heavy atom. The lowest BCUT2D eigenvalue weighted by Gasteiger charge is -2.27. The van der Waals surface area contributed by atoms with Crippen molar-refractivity contribution in [2.45, 2.75) is 38.5 Å². The Bertz CT molecular complexity index is 639. The zero-order chi connectivity index (χ0) is 15.3. The van der Waals surface area contributed by atoms with Crippen LogP contribution >= 0.6 is 0 Å². The molecule has 4 rings (SSSR count). The molecule has 0 spiro atoms. The molecule has 3 aliphatic carbocycles. The summed E-state index contributed by atoms with van der Waals surface area (Å²) in [6.07, 6.45) is 6.24. The SMILES string of the molecule is O=C(O)C1C2CCC(C2)[C@H]1C(=O)Nc1ccc2c(c1)CCC2. The van der Waals surface area contributed by atoms with E-state index in [1.54, 1.807) is 0 Å². The number of carboxylic acid groups (broad SMARTS) is 1. The fourth-order valence-electron chi connectivity index (χ4n) is 4.90. The Labute approximate surface area is 129 Å². The van der Waals surface area contributed by atoms with Crippen LogP contribution in [0.4, 0.5) is 5.69 Å². The molecule has 4 heteroatoms. The van der Waals surface area contributed by atoms with Gasteiger partial charge in [0.1, 0.15) is 0 Å². The van der Waals surface area contributed by atoms with Crippen molar-refractivity contribution in [3.8, 4) is 0 Å². The van der Waals surface area contributed by atoms with E-state index in [9.17, 15) is 14.7 Å². The van der Waals surface area contributed by atoms with E-state index in [0.717, 1.165) is 37.8 Å². The number of hydrogen-bond donors (Lipinski definition) is 2. The molecule has 4 atom stereocenters. The minimum Gasteiger partial charge on any atom is -0.481 e. The monoisotopic (exact) mass is 299 g/mol. The number of hydrogen-bond acceptors (Lipinski definition) is 2. The lowest BCUT2D eigenvalue weighted by molar-refractivity contribution is -0.148. The Kier molecular flexibility index (Phi) is 3.21. The molecule has 1 aromatic rings. The van der Waals surface area contributed by atoms with Crippen LogP contribution in [-0.4, -0.2) is 17.0 Å². The lowest BCUT2D eigenvalue weighted by Crippen LogP contribution is -2.37. The molecule has 0 heterocycles. The summed E-state index contributed by atoms with van der Waals surface area (Å²) in [5, 5.41) is 12.4. The summed E-state index contributed by atoms with van der Waals surface area (Å²) in [5.41, 5.74) is 3.51. The number of benzene rings is 1. The minimum atomic E-state index is -0.804. The number of aryl methyl sites for hydroxylation is 2. The highest BCUT2D eigenvalue weighted by Crippen LogP contribution is 2.52. The molecule has 2 bridgehead atoms. The van der Waals surface area contributed by atoms with Gasteiger partial charge in [0.2, 0.25) is 5.91 Å². The van der Waals surface area contributed by atoms with Gasteiger partial charge in [0.15, 0.2) is 0 Å². The fraction of sp³-hybridized carbons (Fsp3) is 0.556. The molecule has 2 fully saturated rings. The van der Waals surface area contributed by atoms with E-state index in [2.05, 4.69) is 17.4 Å². The average Bonchev–Trinajstić information content (AvgIpc) is 3.20. The Hall–Kier alpha value is -1.84. The molecule has 3 aliphatic rings. The second-order valence-corrected chi connectivity index (χ2v) is 7.05. The van der Waals surface area contributed by atoms with Gasteiger partial charge in [0.25, 0.3) is 0 Å². The second-order valence-electron chi connectivity index (χ2n) is 7.05. The molecule has 2 saturated carbocycles. The predicted molar refractivity (Wildman–Crippen MR) is 82.5 cm³/mol. The number of carbonyl (C=O) groups is 2. The van der Waals surface area contributed by atoms with Crippen molar-refractivity contribution in [3.05, 3.63) is 29.3 Å². The van der Waals surface area contributed by atoms with E-state index in [1.807, 2.05) is 6.07 Å². The van der Waals surface area contributed by atoms with Crippen LogP contribution in [0.3, 0.4) is 0 Å². The van der Waals surface area contributed by atoms with Crippen LogP contribution in [0.25, 0.3) is 0 Å². The first-order valence-corrected chi connectivity index (χ1v) is 8.29. The van der Waals surface area contributed by atoms with Gasteiger partial charge in [-0.05, 0) is 73.6 Å². The summed E-state index contributed by atoms with van der Waals surface area (Å²) in [6, 6.07) is 6.10. The van der Waals surface area contributed by atoms with Crippen LogP contribution in [0.5, 0.6) is 0 Å². The number of amides is 1. The van der Waals surface area contributed by atoms with E-state index in [4.69, 9.17) is 0 Å². The normalized spacial score (nSPS) is 32.0. The molecule has 22 heavy (non-hydrogen) atoms. The highest BCUT2D eigenvalue weighted by molar-refractivity contribution is 5.96. The zero-order valence-corrected chi connectivity index (χ0v) is 12.5. The van der Waals surface area contributed by atoms with Gasteiger partial charge in [-0.15, -0.1) is 0 Å². The van der Waals surface area contributed by atoms with E-state index in [1.165, 1.54) is 17.5 Å². The maximum Gasteiger partial charge on any atom is 0.307 e. The molecular weight excluding hydrogens is 278 g/mol. The van der Waals surface area contributed by atoms with Crippen LogP contribution in [-0.2, 0) is 22.4 Å². The Morgan fingerprint density at radius 3 is 2.55 bits per heavy atom. The van der Waals surface area contributed by atoms with Crippen LogP contribution in [0.15, 0.2) is 18.2 Å². The Morgan fingerprint density at radius 2 is 1.77 bits per heavy atom. The van der Waals surface area contributed by atoms with Crippen LogP contribution in [0.1, 0.15) is 36.8 Å². The molecule has 116 valence electrons. The van der Waals surface area contributed by atoms with Crippen molar-refractivity contribution < 1.29 is 14.7 Å². The van der Waals surface area contributed by atoms with Gasteiger partial charge in [0, 0.05) is 5.69 Å². The summed E-state index contributed by atoms with van der Waals surface area (Å²) >= 11 is 0. The molecule has 4 nitrogen and oxygen atoms in total. The van der Waals surface area contributed by atoms with E-state index < -0.39 is 11.9 Å². The maximum atomic E-state index is 12.6. The first-order valence-electron chi connectivity index (χ1n) is 8.29. The number of aliphatic carboxylic acids is 1. The van der Waals surface area contributed by atoms with E-state index >= 15 is 0 Å². The summed E-state index contributed by atoms with van der Waals surface area (Å²) < 4.78 is 0. The predicted octanol–water partition coefficient (Wildman–Crippen LogP) is 2.86. The quantitative estimate of drug-likeness (QED) is 0.902. The lowest BCUT2D eigenvalue weighted by atomic mass is 9.78. The summed E-state index contributed by atoms with van der Waals surface area (Å²) in [7, 11) is 0. The van der Waals surface area contributed by atoms with Crippen molar-refractivity contribution in [3.63, 3.8) is 0 Å². The fourth-order valence-corrected chi connectivity index (χ4v) is 4.90. The Balaban J connectivity index is 1.53. The smallest absolute Gasteiger partial charge is 0.307 e. The maximum absolute atomic E-state index is 12.6. The van der Waals surface area contributed by atoms with Gasteiger partial charge < -0.3 is 10.4 Å². The number of anilines is 1. The van der Waals surface area contributed by atoms with Gasteiger partial charge in [-0.2, -0.15) is 0 Å². The molecule has 0 aliphatic heterocycles. The van der Waals surface area contributed by atoms with E-state index in [-0.39, 0.29) is 23.7 Å². The minimum absolute atomic E-state index is 0.0995. The number of carboxylic acids is 1. The number of nitrogens with one attached hydrogen (secondary N) is 1. The first-order chi connectivity index (χ1) is 10.6. The van der Waals surface area contributed by atoms with Crippen molar-refractivity contribution in [1.29, 1.82) is 0 Å². The van der Waals surface area contributed by atoms with Crippen LogP contribution in [0.2, 0.25) is 0 Å². The van der Waals surface area contributed by atoms with Crippen molar-refractivity contribution in [1.82, 2.24) is 0 Å². The average molecular weight is 299 g/mol. The third-order valence-corrected chi connectivity index (χ3v) is 5.87. The molecule has 0 saturated heterocycles.